The number of nitrogens with two attached hydrogens (primary N) is 1. The van der Waals surface area contributed by atoms with Gasteiger partial charge in [-0.1, -0.05) is 30.3 Å². The number of hydrogen-bond donors (Lipinski definition) is 2. The summed E-state index contributed by atoms with van der Waals surface area (Å²) in [6, 6.07) is 13.5. The first-order chi connectivity index (χ1) is 11.8. The van der Waals surface area contributed by atoms with Gasteiger partial charge in [0.2, 0.25) is 5.91 Å². The number of carbonyl (C=O) groups excluding carboxylic acids is 1. The monoisotopic (exact) mass is 396 g/mol. The Labute approximate surface area is 167 Å². The van der Waals surface area contributed by atoms with Gasteiger partial charge in [-0.15, -0.1) is 24.8 Å². The van der Waals surface area contributed by atoms with E-state index in [4.69, 9.17) is 5.73 Å². The highest BCUT2D eigenvalue weighted by molar-refractivity contribution is 5.96. The van der Waals surface area contributed by atoms with Crippen LogP contribution in [0.25, 0.3) is 0 Å². The minimum absolute atomic E-state index is 0. The Hall–Kier alpha value is -1.82. The average Bonchev–Trinajstić information content (AvgIpc) is 2.64. The van der Waals surface area contributed by atoms with Gasteiger partial charge in [0.05, 0.1) is 17.8 Å². The van der Waals surface area contributed by atoms with Crippen LogP contribution in [-0.2, 0) is 4.79 Å². The molecule has 1 atom stereocenters. The molecule has 0 radical (unpaired) electrons. The van der Waals surface area contributed by atoms with Gasteiger partial charge in [-0.25, -0.2) is 4.98 Å². The molecule has 7 heteroatoms. The summed E-state index contributed by atoms with van der Waals surface area (Å²) >= 11 is 0. The van der Waals surface area contributed by atoms with Crippen LogP contribution in [0.15, 0.2) is 48.7 Å². The molecule has 5 nitrogen and oxygen atoms in total. The Morgan fingerprint density at radius 3 is 2.35 bits per heavy atom. The molecule has 1 aromatic heterocycles. The first kappa shape index (κ1) is 22.2. The second-order valence-electron chi connectivity index (χ2n) is 6.14. The van der Waals surface area contributed by atoms with E-state index in [-0.39, 0.29) is 43.2 Å². The smallest absolute Gasteiger partial charge is 0.233 e. The largest absolute Gasteiger partial charge is 0.357 e. The maximum Gasteiger partial charge on any atom is 0.233 e. The number of piperidine rings is 1. The molecular formula is C19H26Cl2N4O. The van der Waals surface area contributed by atoms with E-state index in [9.17, 15) is 4.79 Å². The fraction of sp³-hybridized carbons (Fsp3) is 0.368. The fourth-order valence-corrected chi connectivity index (χ4v) is 3.08. The van der Waals surface area contributed by atoms with Crippen molar-refractivity contribution in [2.24, 2.45) is 5.73 Å². The number of carbonyl (C=O) groups is 1. The van der Waals surface area contributed by atoms with Gasteiger partial charge < -0.3 is 16.0 Å². The molecule has 1 amide bonds. The third-order valence-corrected chi connectivity index (χ3v) is 4.45. The Morgan fingerprint density at radius 1 is 1.08 bits per heavy atom. The zero-order chi connectivity index (χ0) is 16.8. The third-order valence-electron chi connectivity index (χ3n) is 4.45. The zero-order valence-electron chi connectivity index (χ0n) is 14.6. The summed E-state index contributed by atoms with van der Waals surface area (Å²) in [5, 5.41) is 2.92. The molecule has 2 heterocycles. The van der Waals surface area contributed by atoms with E-state index in [1.807, 2.05) is 42.5 Å². The molecule has 0 saturated carbocycles. The normalized spacial score (nSPS) is 14.6. The van der Waals surface area contributed by atoms with Crippen molar-refractivity contribution >= 4 is 42.2 Å². The summed E-state index contributed by atoms with van der Waals surface area (Å²) in [6.45, 7) is 2.39. The summed E-state index contributed by atoms with van der Waals surface area (Å²) in [7, 11) is 0. The summed E-state index contributed by atoms with van der Waals surface area (Å²) in [4.78, 5) is 19.3. The molecule has 1 aliphatic heterocycles. The number of anilines is 2. The zero-order valence-corrected chi connectivity index (χ0v) is 16.3. The van der Waals surface area contributed by atoms with Crippen molar-refractivity contribution in [3.63, 3.8) is 0 Å². The van der Waals surface area contributed by atoms with E-state index in [1.54, 1.807) is 6.20 Å². The Kier molecular flexibility index (Phi) is 9.41. The van der Waals surface area contributed by atoms with Crippen LogP contribution in [0.3, 0.4) is 0 Å². The number of nitrogens with one attached hydrogen (secondary N) is 1. The molecule has 26 heavy (non-hydrogen) atoms. The second kappa shape index (κ2) is 11.0. The number of pyridine rings is 1. The van der Waals surface area contributed by atoms with E-state index in [2.05, 4.69) is 15.2 Å². The average molecular weight is 397 g/mol. The second-order valence-corrected chi connectivity index (χ2v) is 6.14. The van der Waals surface area contributed by atoms with Crippen LogP contribution in [0.1, 0.15) is 30.7 Å². The molecule has 1 fully saturated rings. The number of benzene rings is 1. The highest BCUT2D eigenvalue weighted by atomic mass is 35.5. The van der Waals surface area contributed by atoms with Gasteiger partial charge in [-0.2, -0.15) is 0 Å². The lowest BCUT2D eigenvalue weighted by molar-refractivity contribution is -0.117. The molecule has 3 rings (SSSR count). The summed E-state index contributed by atoms with van der Waals surface area (Å²) in [5.41, 5.74) is 7.43. The molecule has 0 spiro atoms. The van der Waals surface area contributed by atoms with Gasteiger partial charge >= 0.3 is 0 Å². The number of halogens is 2. The molecule has 0 bridgehead atoms. The highest BCUT2D eigenvalue weighted by Gasteiger charge is 2.19. The van der Waals surface area contributed by atoms with E-state index in [0.717, 1.165) is 24.5 Å². The molecule has 142 valence electrons. The number of nitrogens with zero attached hydrogens (tertiary/aromatic N) is 2. The predicted molar refractivity (Wildman–Crippen MR) is 112 cm³/mol. The number of aromatic nitrogens is 1. The lowest BCUT2D eigenvalue weighted by atomic mass is 9.98. The summed E-state index contributed by atoms with van der Waals surface area (Å²) in [6.07, 6.45) is 5.45. The maximum absolute atomic E-state index is 12.5. The molecule has 3 N–H and O–H groups in total. The van der Waals surface area contributed by atoms with Gasteiger partial charge in [-0.05, 0) is 37.0 Å². The van der Waals surface area contributed by atoms with Crippen LogP contribution in [0.5, 0.6) is 0 Å². The minimum Gasteiger partial charge on any atom is -0.357 e. The Morgan fingerprint density at radius 2 is 1.77 bits per heavy atom. The topological polar surface area (TPSA) is 71.2 Å². The van der Waals surface area contributed by atoms with Gasteiger partial charge in [0, 0.05) is 19.6 Å². The number of hydrogen-bond acceptors (Lipinski definition) is 4. The van der Waals surface area contributed by atoms with E-state index in [0.29, 0.717) is 5.69 Å². The first-order valence-electron chi connectivity index (χ1n) is 8.55. The number of amides is 1. The van der Waals surface area contributed by atoms with E-state index in [1.165, 1.54) is 19.3 Å². The standard InChI is InChI=1S/C19H24N4O.2ClH/c20-13-17(15-7-3-1-4-8-15)19(24)22-16-9-10-18(21-14-16)23-11-5-2-6-12-23;;/h1,3-4,7-10,14,17H,2,5-6,11-13,20H2,(H,22,24);2*1H. The molecule has 1 saturated heterocycles. The van der Waals surface area contributed by atoms with Crippen LogP contribution < -0.4 is 16.0 Å². The Bertz CT molecular complexity index is 661. The molecule has 1 unspecified atom stereocenters. The van der Waals surface area contributed by atoms with Crippen molar-refractivity contribution in [2.75, 3.05) is 29.9 Å². The molecule has 1 aromatic carbocycles. The fourth-order valence-electron chi connectivity index (χ4n) is 3.08. The van der Waals surface area contributed by atoms with Gasteiger partial charge in [0.15, 0.2) is 0 Å². The Balaban J connectivity index is 0.00000169. The van der Waals surface area contributed by atoms with Crippen LogP contribution in [-0.4, -0.2) is 30.5 Å². The van der Waals surface area contributed by atoms with Crippen molar-refractivity contribution < 1.29 is 4.79 Å². The third kappa shape index (κ3) is 5.59. The van der Waals surface area contributed by atoms with E-state index >= 15 is 0 Å². The first-order valence-corrected chi connectivity index (χ1v) is 8.55. The van der Waals surface area contributed by atoms with Crippen molar-refractivity contribution in [1.82, 2.24) is 4.98 Å². The van der Waals surface area contributed by atoms with Crippen molar-refractivity contribution in [1.29, 1.82) is 0 Å². The van der Waals surface area contributed by atoms with Crippen molar-refractivity contribution in [3.05, 3.63) is 54.2 Å². The SMILES string of the molecule is Cl.Cl.NCC(C(=O)Nc1ccc(N2CCCCC2)nc1)c1ccccc1. The van der Waals surface area contributed by atoms with Gasteiger partial charge in [0.25, 0.3) is 0 Å². The molecular weight excluding hydrogens is 371 g/mol. The number of rotatable bonds is 5. The summed E-state index contributed by atoms with van der Waals surface area (Å²) in [5.74, 6) is 0.523. The summed E-state index contributed by atoms with van der Waals surface area (Å²) < 4.78 is 0. The quantitative estimate of drug-likeness (QED) is 0.809. The van der Waals surface area contributed by atoms with E-state index < -0.39 is 0 Å². The lowest BCUT2D eigenvalue weighted by Gasteiger charge is -2.27. The lowest BCUT2D eigenvalue weighted by Crippen LogP contribution is -2.30. The predicted octanol–water partition coefficient (Wildman–Crippen LogP) is 3.60. The molecule has 0 aliphatic carbocycles. The van der Waals surface area contributed by atoms with Crippen LogP contribution >= 0.6 is 24.8 Å². The molecule has 2 aromatic rings. The molecule has 1 aliphatic rings. The van der Waals surface area contributed by atoms with Crippen molar-refractivity contribution in [2.45, 2.75) is 25.2 Å². The van der Waals surface area contributed by atoms with Crippen molar-refractivity contribution in [3.8, 4) is 0 Å². The minimum atomic E-state index is -0.354. The van der Waals surface area contributed by atoms with Crippen LogP contribution in [0.4, 0.5) is 11.5 Å². The van der Waals surface area contributed by atoms with Crippen LogP contribution in [0, 0.1) is 0 Å². The van der Waals surface area contributed by atoms with Crippen LogP contribution in [0.2, 0.25) is 0 Å². The highest BCUT2D eigenvalue weighted by Crippen LogP contribution is 2.20. The van der Waals surface area contributed by atoms with Gasteiger partial charge in [0.1, 0.15) is 5.82 Å². The maximum atomic E-state index is 12.5. The van der Waals surface area contributed by atoms with Gasteiger partial charge in [-0.3, -0.25) is 4.79 Å².